The van der Waals surface area contributed by atoms with Gasteiger partial charge in [-0.05, 0) is 19.9 Å². The number of anilines is 1. The Morgan fingerprint density at radius 1 is 0.769 bits per heavy atom. The lowest BCUT2D eigenvalue weighted by Crippen LogP contribution is -2.34. The van der Waals surface area contributed by atoms with E-state index in [2.05, 4.69) is 15.3 Å². The number of nitrogens with two attached hydrogens (primary N) is 1. The monoisotopic (exact) mass is 376 g/mol. The third-order valence-corrected chi connectivity index (χ3v) is 1.77. The topological polar surface area (TPSA) is 247 Å². The van der Waals surface area contributed by atoms with Crippen LogP contribution < -0.4 is 39.5 Å². The van der Waals surface area contributed by atoms with Gasteiger partial charge in [0.25, 0.3) is 0 Å². The SMILES string of the molecule is CC(C)N.CC(C)Nc1nc(=O)[nH]c(=O)[nH]1.O.O=c1[nH]c(=O)[nH]c(=O)[nH]1. The van der Waals surface area contributed by atoms with E-state index in [4.69, 9.17) is 5.73 Å². The van der Waals surface area contributed by atoms with Crippen LogP contribution in [-0.4, -0.2) is 47.5 Å². The van der Waals surface area contributed by atoms with E-state index >= 15 is 0 Å². The summed E-state index contributed by atoms with van der Waals surface area (Å²) >= 11 is 0. The summed E-state index contributed by atoms with van der Waals surface area (Å²) in [6.07, 6.45) is 0. The first-order valence-corrected chi connectivity index (χ1v) is 7.15. The molecule has 0 atom stereocenters. The molecule has 0 aliphatic rings. The van der Waals surface area contributed by atoms with Crippen molar-refractivity contribution in [2.75, 3.05) is 5.32 Å². The summed E-state index contributed by atoms with van der Waals surface area (Å²) in [5.41, 5.74) is 1.50. The molecule has 0 aliphatic carbocycles. The van der Waals surface area contributed by atoms with Crippen LogP contribution in [0.15, 0.2) is 24.0 Å². The maximum atomic E-state index is 10.7. The zero-order valence-electron chi connectivity index (χ0n) is 14.7. The molecule has 0 unspecified atom stereocenters. The molecule has 0 spiro atoms. The van der Waals surface area contributed by atoms with E-state index in [0.717, 1.165) is 0 Å². The van der Waals surface area contributed by atoms with Gasteiger partial charge in [0.1, 0.15) is 0 Å². The molecule has 0 aliphatic heterocycles. The summed E-state index contributed by atoms with van der Waals surface area (Å²) in [4.78, 5) is 65.1. The number of hydrogen-bond acceptors (Lipinski definition) is 8. The van der Waals surface area contributed by atoms with Crippen molar-refractivity contribution in [3.8, 4) is 0 Å². The smallest absolute Gasteiger partial charge is 0.352 e. The standard InChI is InChI=1S/C6H10N4O2.C3H3N3O3.C3H9N.H2O/c1-3(2)7-4-8-5(11)10-6(12)9-4;7-1-4-2(8)6-3(9)5-1;1-3(2)4;/h3H,1-2H3,(H3,7,8,9,10,11,12);(H3,4,5,6,7,8,9);3H,4H2,1-2H3;1H2. The highest BCUT2D eigenvalue weighted by atomic mass is 16.2. The number of H-pyrrole nitrogens is 5. The second-order valence-corrected chi connectivity index (χ2v) is 5.25. The Bertz CT molecular complexity index is 809. The van der Waals surface area contributed by atoms with Crippen molar-refractivity contribution in [3.05, 3.63) is 52.4 Å². The molecule has 2 aromatic heterocycles. The quantitative estimate of drug-likeness (QED) is 0.277. The van der Waals surface area contributed by atoms with Crippen LogP contribution in [0.3, 0.4) is 0 Å². The molecule has 14 nitrogen and oxygen atoms in total. The summed E-state index contributed by atoms with van der Waals surface area (Å²) in [6, 6.07) is 0.454. The third-order valence-electron chi connectivity index (χ3n) is 1.77. The Morgan fingerprint density at radius 2 is 1.12 bits per heavy atom. The first-order chi connectivity index (χ1) is 11.5. The molecule has 2 rings (SSSR count). The van der Waals surface area contributed by atoms with Crippen LogP contribution in [0.1, 0.15) is 27.7 Å². The lowest BCUT2D eigenvalue weighted by Gasteiger charge is -2.05. The van der Waals surface area contributed by atoms with Gasteiger partial charge in [-0.15, -0.1) is 0 Å². The van der Waals surface area contributed by atoms with Crippen molar-refractivity contribution in [1.82, 2.24) is 29.9 Å². The first-order valence-electron chi connectivity index (χ1n) is 7.15. The van der Waals surface area contributed by atoms with Crippen LogP contribution in [0.5, 0.6) is 0 Å². The van der Waals surface area contributed by atoms with Crippen molar-refractivity contribution in [1.29, 1.82) is 0 Å². The number of nitrogens with one attached hydrogen (secondary N) is 6. The highest BCUT2D eigenvalue weighted by Gasteiger charge is 1.98. The van der Waals surface area contributed by atoms with Crippen molar-refractivity contribution in [3.63, 3.8) is 0 Å². The number of aromatic nitrogens is 6. The van der Waals surface area contributed by atoms with Gasteiger partial charge in [0.2, 0.25) is 5.95 Å². The van der Waals surface area contributed by atoms with E-state index in [1.807, 2.05) is 32.7 Å². The van der Waals surface area contributed by atoms with Crippen LogP contribution in [-0.2, 0) is 0 Å². The minimum absolute atomic E-state index is 0. The van der Waals surface area contributed by atoms with Crippen LogP contribution in [0.2, 0.25) is 0 Å². The molecule has 0 radical (unpaired) electrons. The molecule has 2 heterocycles. The predicted molar refractivity (Wildman–Crippen MR) is 95.5 cm³/mol. The highest BCUT2D eigenvalue weighted by molar-refractivity contribution is 5.21. The lowest BCUT2D eigenvalue weighted by atomic mass is 10.4. The zero-order chi connectivity index (χ0) is 19.6. The van der Waals surface area contributed by atoms with E-state index in [9.17, 15) is 24.0 Å². The molecule has 0 fully saturated rings. The van der Waals surface area contributed by atoms with Gasteiger partial charge in [0, 0.05) is 6.04 Å². The fraction of sp³-hybridized carbons (Fsp3) is 0.500. The largest absolute Gasteiger partial charge is 0.412 e. The molecule has 2 aromatic rings. The second kappa shape index (κ2) is 12.2. The number of rotatable bonds is 2. The summed E-state index contributed by atoms with van der Waals surface area (Å²) in [6.45, 7) is 7.64. The lowest BCUT2D eigenvalue weighted by molar-refractivity contribution is 0.824. The third kappa shape index (κ3) is 13.2. The zero-order valence-corrected chi connectivity index (χ0v) is 14.7. The number of nitrogens with zero attached hydrogens (tertiary/aromatic N) is 1. The molecule has 0 amide bonds. The Morgan fingerprint density at radius 3 is 1.42 bits per heavy atom. The molecule has 26 heavy (non-hydrogen) atoms. The van der Waals surface area contributed by atoms with Crippen LogP contribution in [0.25, 0.3) is 0 Å². The molecule has 0 aromatic carbocycles. The second-order valence-electron chi connectivity index (χ2n) is 5.25. The molecular formula is C12H24N8O6. The van der Waals surface area contributed by atoms with E-state index in [0.29, 0.717) is 6.04 Å². The first kappa shape index (κ1) is 25.0. The molecule has 14 heteroatoms. The van der Waals surface area contributed by atoms with Crippen LogP contribution in [0.4, 0.5) is 5.95 Å². The Hall–Kier alpha value is -3.26. The molecule has 0 saturated heterocycles. The maximum Gasteiger partial charge on any atom is 0.352 e. The minimum atomic E-state index is -0.802. The number of aromatic amines is 5. The van der Waals surface area contributed by atoms with Gasteiger partial charge in [-0.25, -0.2) is 24.0 Å². The average molecular weight is 376 g/mol. The fourth-order valence-electron chi connectivity index (χ4n) is 1.14. The molecular weight excluding hydrogens is 352 g/mol. The van der Waals surface area contributed by atoms with Gasteiger partial charge in [0.15, 0.2) is 0 Å². The molecule has 0 saturated carbocycles. The summed E-state index contributed by atoms with van der Waals surface area (Å²) in [5.74, 6) is 0.193. The van der Waals surface area contributed by atoms with Gasteiger partial charge in [0.05, 0.1) is 0 Å². The van der Waals surface area contributed by atoms with Gasteiger partial charge >= 0.3 is 28.4 Å². The van der Waals surface area contributed by atoms with Crippen LogP contribution in [0, 0.1) is 0 Å². The number of hydrogen-bond donors (Lipinski definition) is 7. The predicted octanol–water partition coefficient (Wildman–Crippen LogP) is -3.44. The van der Waals surface area contributed by atoms with Gasteiger partial charge in [-0.2, -0.15) is 4.98 Å². The van der Waals surface area contributed by atoms with E-state index in [1.165, 1.54) is 0 Å². The highest BCUT2D eigenvalue weighted by Crippen LogP contribution is 1.91. The van der Waals surface area contributed by atoms with Gasteiger partial charge in [-0.1, -0.05) is 13.8 Å². The summed E-state index contributed by atoms with van der Waals surface area (Å²) in [7, 11) is 0. The van der Waals surface area contributed by atoms with Gasteiger partial charge < -0.3 is 16.5 Å². The van der Waals surface area contributed by atoms with Crippen molar-refractivity contribution < 1.29 is 5.48 Å². The molecule has 10 N–H and O–H groups in total. The molecule has 148 valence electrons. The minimum Gasteiger partial charge on any atom is -0.412 e. The Balaban J connectivity index is 0. The fourth-order valence-corrected chi connectivity index (χ4v) is 1.14. The van der Waals surface area contributed by atoms with Crippen LogP contribution >= 0.6 is 0 Å². The van der Waals surface area contributed by atoms with Crippen molar-refractivity contribution >= 4 is 5.95 Å². The summed E-state index contributed by atoms with van der Waals surface area (Å²) < 4.78 is 0. The molecule has 0 bridgehead atoms. The van der Waals surface area contributed by atoms with Crippen molar-refractivity contribution in [2.45, 2.75) is 39.8 Å². The van der Waals surface area contributed by atoms with Crippen molar-refractivity contribution in [2.24, 2.45) is 5.73 Å². The maximum absolute atomic E-state index is 10.7. The van der Waals surface area contributed by atoms with E-state index < -0.39 is 28.4 Å². The average Bonchev–Trinajstić information content (AvgIpc) is 2.34. The summed E-state index contributed by atoms with van der Waals surface area (Å²) in [5, 5.41) is 2.80. The van der Waals surface area contributed by atoms with E-state index in [1.54, 1.807) is 15.0 Å². The Labute approximate surface area is 145 Å². The van der Waals surface area contributed by atoms with E-state index in [-0.39, 0.29) is 17.5 Å². The Kier molecular flexibility index (Phi) is 11.7. The van der Waals surface area contributed by atoms with Gasteiger partial charge in [-0.3, -0.25) is 24.9 Å². The normalized spacial score (nSPS) is 9.35.